The predicted octanol–water partition coefficient (Wildman–Crippen LogP) is 0.542. The molecular formula is C11H23NO3. The Balaban J connectivity index is 2.03. The van der Waals surface area contributed by atoms with Crippen LogP contribution in [0.3, 0.4) is 0 Å². The summed E-state index contributed by atoms with van der Waals surface area (Å²) < 4.78 is 11.1. The third-order valence-electron chi connectivity index (χ3n) is 2.78. The maximum Gasteiger partial charge on any atom is 0.0808 e. The third-order valence-corrected chi connectivity index (χ3v) is 2.78. The highest BCUT2D eigenvalue weighted by Gasteiger charge is 2.14. The molecule has 0 aromatic carbocycles. The Hall–Kier alpha value is -0.160. The zero-order valence-corrected chi connectivity index (χ0v) is 9.58. The Morgan fingerprint density at radius 3 is 3.00 bits per heavy atom. The van der Waals surface area contributed by atoms with Gasteiger partial charge in [-0.3, -0.25) is 0 Å². The first-order valence-electron chi connectivity index (χ1n) is 5.84. The highest BCUT2D eigenvalue weighted by molar-refractivity contribution is 4.65. The van der Waals surface area contributed by atoms with Crippen molar-refractivity contribution in [3.05, 3.63) is 0 Å². The molecule has 0 saturated carbocycles. The number of hydrogen-bond acceptors (Lipinski definition) is 4. The second-order valence-corrected chi connectivity index (χ2v) is 4.02. The van der Waals surface area contributed by atoms with Crippen LogP contribution in [0.4, 0.5) is 0 Å². The minimum absolute atomic E-state index is 0.203. The van der Waals surface area contributed by atoms with Crippen LogP contribution in [0.2, 0.25) is 0 Å². The van der Waals surface area contributed by atoms with E-state index in [-0.39, 0.29) is 18.8 Å². The van der Waals surface area contributed by atoms with Gasteiger partial charge < -0.3 is 19.9 Å². The maximum absolute atomic E-state index is 8.80. The molecule has 0 spiro atoms. The molecule has 1 saturated heterocycles. The normalized spacial score (nSPS) is 24.0. The average Bonchev–Trinajstić information content (AvgIpc) is 2.29. The summed E-state index contributed by atoms with van der Waals surface area (Å²) in [6.07, 6.45) is 4.57. The number of likely N-dealkylation sites (N-methyl/N-ethyl adjacent to an activating group) is 1. The minimum atomic E-state index is 0.203. The van der Waals surface area contributed by atoms with Gasteiger partial charge in [0.1, 0.15) is 0 Å². The molecule has 0 bridgehead atoms. The molecule has 15 heavy (non-hydrogen) atoms. The fourth-order valence-electron chi connectivity index (χ4n) is 1.75. The number of rotatable bonds is 7. The lowest BCUT2D eigenvalue weighted by Crippen LogP contribution is -2.33. The molecule has 0 aromatic heterocycles. The molecule has 1 fully saturated rings. The summed E-state index contributed by atoms with van der Waals surface area (Å²) in [5.74, 6) is 0. The van der Waals surface area contributed by atoms with Crippen molar-refractivity contribution >= 4 is 0 Å². The first-order valence-corrected chi connectivity index (χ1v) is 5.84. The van der Waals surface area contributed by atoms with Gasteiger partial charge in [0.25, 0.3) is 0 Å². The van der Waals surface area contributed by atoms with E-state index in [9.17, 15) is 0 Å². The van der Waals surface area contributed by atoms with Crippen molar-refractivity contribution < 1.29 is 14.6 Å². The molecule has 0 aromatic rings. The Morgan fingerprint density at radius 1 is 1.53 bits per heavy atom. The van der Waals surface area contributed by atoms with Gasteiger partial charge in [0.05, 0.1) is 19.3 Å². The lowest BCUT2D eigenvalue weighted by molar-refractivity contribution is -0.0445. The lowest BCUT2D eigenvalue weighted by Gasteiger charge is -2.23. The van der Waals surface area contributed by atoms with Crippen LogP contribution >= 0.6 is 0 Å². The van der Waals surface area contributed by atoms with Crippen molar-refractivity contribution in [1.29, 1.82) is 0 Å². The van der Waals surface area contributed by atoms with E-state index in [0.717, 1.165) is 19.4 Å². The average molecular weight is 217 g/mol. The highest BCUT2D eigenvalue weighted by Crippen LogP contribution is 2.12. The van der Waals surface area contributed by atoms with Gasteiger partial charge in [-0.2, -0.15) is 0 Å². The van der Waals surface area contributed by atoms with Gasteiger partial charge >= 0.3 is 0 Å². The number of aliphatic hydroxyl groups is 1. The van der Waals surface area contributed by atoms with Gasteiger partial charge in [-0.15, -0.1) is 0 Å². The van der Waals surface area contributed by atoms with Gasteiger partial charge in [-0.1, -0.05) is 0 Å². The lowest BCUT2D eigenvalue weighted by atomic mass is 10.1. The predicted molar refractivity (Wildman–Crippen MR) is 59.0 cm³/mol. The topological polar surface area (TPSA) is 50.7 Å². The van der Waals surface area contributed by atoms with E-state index in [0.29, 0.717) is 13.2 Å². The Bertz CT molecular complexity index is 144. The fraction of sp³-hybridized carbons (Fsp3) is 1.00. The fourth-order valence-corrected chi connectivity index (χ4v) is 1.75. The van der Waals surface area contributed by atoms with E-state index < -0.39 is 0 Å². The number of aliphatic hydroxyl groups excluding tert-OH is 1. The summed E-state index contributed by atoms with van der Waals surface area (Å²) in [5, 5.41) is 11.9. The van der Waals surface area contributed by atoms with Crippen LogP contribution in [-0.4, -0.2) is 50.7 Å². The zero-order valence-electron chi connectivity index (χ0n) is 9.58. The van der Waals surface area contributed by atoms with E-state index in [1.807, 2.05) is 7.05 Å². The molecule has 1 aliphatic heterocycles. The first kappa shape index (κ1) is 12.9. The van der Waals surface area contributed by atoms with Crippen molar-refractivity contribution in [2.45, 2.75) is 37.8 Å². The van der Waals surface area contributed by atoms with Crippen molar-refractivity contribution in [1.82, 2.24) is 5.32 Å². The van der Waals surface area contributed by atoms with E-state index in [2.05, 4.69) is 5.32 Å². The summed E-state index contributed by atoms with van der Waals surface area (Å²) in [5.41, 5.74) is 0. The second-order valence-electron chi connectivity index (χ2n) is 4.02. The van der Waals surface area contributed by atoms with Crippen LogP contribution in [0, 0.1) is 0 Å². The molecule has 0 amide bonds. The third kappa shape index (κ3) is 5.47. The zero-order chi connectivity index (χ0) is 10.9. The van der Waals surface area contributed by atoms with Gasteiger partial charge in [-0.05, 0) is 32.7 Å². The summed E-state index contributed by atoms with van der Waals surface area (Å²) in [4.78, 5) is 0. The molecule has 1 aliphatic rings. The number of hydrogen-bond donors (Lipinski definition) is 2. The maximum atomic E-state index is 8.80. The van der Waals surface area contributed by atoms with Crippen LogP contribution in [0.1, 0.15) is 25.7 Å². The molecule has 2 unspecified atom stereocenters. The summed E-state index contributed by atoms with van der Waals surface area (Å²) in [6, 6.07) is 0.249. The van der Waals surface area contributed by atoms with Crippen molar-refractivity contribution in [2.75, 3.05) is 33.5 Å². The molecule has 0 aliphatic carbocycles. The Labute approximate surface area is 92.0 Å². The van der Waals surface area contributed by atoms with Gasteiger partial charge in [-0.25, -0.2) is 0 Å². The van der Waals surface area contributed by atoms with Crippen LogP contribution in [0.15, 0.2) is 0 Å². The summed E-state index contributed by atoms with van der Waals surface area (Å²) in [7, 11) is 1.89. The number of nitrogens with one attached hydrogen (secondary N) is 1. The smallest absolute Gasteiger partial charge is 0.0808 e. The molecule has 2 atom stereocenters. The molecule has 4 heteroatoms. The second kappa shape index (κ2) is 8.05. The van der Waals surface area contributed by atoms with Gasteiger partial charge in [0, 0.05) is 19.3 Å². The monoisotopic (exact) mass is 217 g/mol. The van der Waals surface area contributed by atoms with E-state index >= 15 is 0 Å². The summed E-state index contributed by atoms with van der Waals surface area (Å²) >= 11 is 0. The molecule has 1 rings (SSSR count). The van der Waals surface area contributed by atoms with Crippen molar-refractivity contribution in [3.8, 4) is 0 Å². The van der Waals surface area contributed by atoms with E-state index in [4.69, 9.17) is 14.6 Å². The molecule has 90 valence electrons. The van der Waals surface area contributed by atoms with Crippen LogP contribution in [-0.2, 0) is 9.47 Å². The van der Waals surface area contributed by atoms with Gasteiger partial charge in [0.15, 0.2) is 0 Å². The highest BCUT2D eigenvalue weighted by atomic mass is 16.5. The Kier molecular flexibility index (Phi) is 6.92. The standard InChI is InChI=1S/C11H23NO3/c1-12-10(5-6-13)8-14-9-11-4-2-3-7-15-11/h10-13H,2-9H2,1H3. The molecule has 2 N–H and O–H groups in total. The quantitative estimate of drug-likeness (QED) is 0.653. The molecular weight excluding hydrogens is 194 g/mol. The molecule has 0 radical (unpaired) electrons. The van der Waals surface area contributed by atoms with Crippen molar-refractivity contribution in [2.24, 2.45) is 0 Å². The van der Waals surface area contributed by atoms with Crippen LogP contribution in [0.5, 0.6) is 0 Å². The SMILES string of the molecule is CNC(CCO)COCC1CCCCO1. The molecule has 1 heterocycles. The van der Waals surface area contributed by atoms with E-state index in [1.165, 1.54) is 12.8 Å². The Morgan fingerprint density at radius 2 is 2.40 bits per heavy atom. The largest absolute Gasteiger partial charge is 0.396 e. The van der Waals surface area contributed by atoms with Crippen molar-refractivity contribution in [3.63, 3.8) is 0 Å². The van der Waals surface area contributed by atoms with Crippen LogP contribution < -0.4 is 5.32 Å². The van der Waals surface area contributed by atoms with Gasteiger partial charge in [0.2, 0.25) is 0 Å². The minimum Gasteiger partial charge on any atom is -0.396 e. The number of ether oxygens (including phenoxy) is 2. The first-order chi connectivity index (χ1) is 7.36. The van der Waals surface area contributed by atoms with E-state index in [1.54, 1.807) is 0 Å². The summed E-state index contributed by atoms with van der Waals surface area (Å²) in [6.45, 7) is 2.41. The molecule has 4 nitrogen and oxygen atoms in total. The van der Waals surface area contributed by atoms with Crippen LogP contribution in [0.25, 0.3) is 0 Å².